The molecule has 0 atom stereocenters. The van der Waals surface area contributed by atoms with E-state index in [0.717, 1.165) is 11.3 Å². The molecule has 1 aromatic carbocycles. The SMILES string of the molecule is O=C(CO)N1CCc2[nH]c3c(Cl)c(Cl)cc(-c4ccn(C(F)F)n4)c3c2C1. The molecular weight excluding hydrogens is 401 g/mol. The first-order valence-electron chi connectivity index (χ1n) is 8.14. The van der Waals surface area contributed by atoms with Gasteiger partial charge in [-0.3, -0.25) is 4.79 Å². The van der Waals surface area contributed by atoms with Gasteiger partial charge in [-0.2, -0.15) is 13.9 Å². The standard InChI is InChI=1S/C17H14Cl2F2N4O2/c18-10-5-8(12-2-4-25(23-12)17(20)21)14-9-6-24(13(27)7-26)3-1-11(9)22-16(14)15(10)19/h2,4-5,17,22,26H,1,3,6-7H2. The highest BCUT2D eigenvalue weighted by Gasteiger charge is 2.27. The summed E-state index contributed by atoms with van der Waals surface area (Å²) in [5.74, 6) is -0.376. The van der Waals surface area contributed by atoms with Crippen molar-refractivity contribution in [2.24, 2.45) is 0 Å². The molecule has 4 rings (SSSR count). The highest BCUT2D eigenvalue weighted by Crippen LogP contribution is 2.42. The second kappa shape index (κ2) is 6.78. The third-order valence-corrected chi connectivity index (χ3v) is 5.50. The van der Waals surface area contributed by atoms with Crippen molar-refractivity contribution in [2.45, 2.75) is 19.5 Å². The third kappa shape index (κ3) is 2.97. The van der Waals surface area contributed by atoms with E-state index in [0.29, 0.717) is 44.8 Å². The molecule has 3 heterocycles. The van der Waals surface area contributed by atoms with Gasteiger partial charge in [0.15, 0.2) is 0 Å². The van der Waals surface area contributed by atoms with E-state index in [1.807, 2.05) is 0 Å². The summed E-state index contributed by atoms with van der Waals surface area (Å²) < 4.78 is 26.4. The molecule has 0 fully saturated rings. The lowest BCUT2D eigenvalue weighted by Gasteiger charge is -2.26. The molecule has 0 saturated carbocycles. The molecule has 6 nitrogen and oxygen atoms in total. The maximum Gasteiger partial charge on any atom is 0.333 e. The summed E-state index contributed by atoms with van der Waals surface area (Å²) in [6, 6.07) is 3.06. The van der Waals surface area contributed by atoms with Crippen LogP contribution in [0.5, 0.6) is 0 Å². The predicted molar refractivity (Wildman–Crippen MR) is 97.0 cm³/mol. The predicted octanol–water partition coefficient (Wildman–Crippen LogP) is 3.61. The highest BCUT2D eigenvalue weighted by molar-refractivity contribution is 6.45. The monoisotopic (exact) mass is 414 g/mol. The smallest absolute Gasteiger partial charge is 0.333 e. The molecule has 27 heavy (non-hydrogen) atoms. The van der Waals surface area contributed by atoms with E-state index >= 15 is 0 Å². The van der Waals surface area contributed by atoms with Crippen LogP contribution in [0, 0.1) is 0 Å². The maximum absolute atomic E-state index is 12.9. The minimum Gasteiger partial charge on any atom is -0.387 e. The second-order valence-electron chi connectivity index (χ2n) is 6.23. The van der Waals surface area contributed by atoms with Crippen LogP contribution in [-0.4, -0.2) is 43.8 Å². The van der Waals surface area contributed by atoms with Gasteiger partial charge < -0.3 is 15.0 Å². The first-order chi connectivity index (χ1) is 12.9. The summed E-state index contributed by atoms with van der Waals surface area (Å²) in [7, 11) is 0. The molecule has 2 aromatic heterocycles. The van der Waals surface area contributed by atoms with Gasteiger partial charge in [0.05, 0.1) is 21.3 Å². The summed E-state index contributed by atoms with van der Waals surface area (Å²) >= 11 is 12.6. The van der Waals surface area contributed by atoms with Gasteiger partial charge in [0.1, 0.15) is 6.61 Å². The Hall–Kier alpha value is -2.16. The quantitative estimate of drug-likeness (QED) is 0.687. The Morgan fingerprint density at radius 1 is 1.41 bits per heavy atom. The summed E-state index contributed by atoms with van der Waals surface area (Å²) in [4.78, 5) is 16.7. The van der Waals surface area contributed by atoms with Crippen LogP contribution in [0.1, 0.15) is 17.8 Å². The number of hydrogen-bond acceptors (Lipinski definition) is 3. The van der Waals surface area contributed by atoms with Crippen molar-refractivity contribution >= 4 is 40.0 Å². The van der Waals surface area contributed by atoms with Crippen LogP contribution in [-0.2, 0) is 17.8 Å². The summed E-state index contributed by atoms with van der Waals surface area (Å²) in [6.07, 6.45) is 1.74. The normalized spacial score (nSPS) is 14.2. The van der Waals surface area contributed by atoms with Crippen LogP contribution in [0.2, 0.25) is 10.0 Å². The van der Waals surface area contributed by atoms with E-state index in [2.05, 4.69) is 10.1 Å². The summed E-state index contributed by atoms with van der Waals surface area (Å²) in [5.41, 5.74) is 3.17. The lowest BCUT2D eigenvalue weighted by molar-refractivity contribution is -0.135. The van der Waals surface area contributed by atoms with Crippen LogP contribution < -0.4 is 0 Å². The van der Waals surface area contributed by atoms with Gasteiger partial charge in [0.2, 0.25) is 5.91 Å². The maximum atomic E-state index is 12.9. The van der Waals surface area contributed by atoms with E-state index in [9.17, 15) is 13.6 Å². The fourth-order valence-electron chi connectivity index (χ4n) is 3.44. The van der Waals surface area contributed by atoms with Crippen LogP contribution in [0.3, 0.4) is 0 Å². The Morgan fingerprint density at radius 2 is 2.19 bits per heavy atom. The zero-order valence-electron chi connectivity index (χ0n) is 13.8. The van der Waals surface area contributed by atoms with E-state index in [-0.39, 0.29) is 17.5 Å². The number of carbonyl (C=O) groups is 1. The zero-order valence-corrected chi connectivity index (χ0v) is 15.4. The van der Waals surface area contributed by atoms with Crippen molar-refractivity contribution in [1.82, 2.24) is 19.7 Å². The van der Waals surface area contributed by atoms with Gasteiger partial charge in [0.25, 0.3) is 0 Å². The fraction of sp³-hybridized carbons (Fsp3) is 0.294. The molecule has 0 unspecified atom stereocenters. The summed E-state index contributed by atoms with van der Waals surface area (Å²) in [5, 5.41) is 14.4. The van der Waals surface area contributed by atoms with Crippen LogP contribution in [0.25, 0.3) is 22.2 Å². The van der Waals surface area contributed by atoms with Gasteiger partial charge >= 0.3 is 6.55 Å². The highest BCUT2D eigenvalue weighted by atomic mass is 35.5. The molecule has 0 aliphatic carbocycles. The summed E-state index contributed by atoms with van der Waals surface area (Å²) in [6.45, 7) is -2.60. The lowest BCUT2D eigenvalue weighted by Crippen LogP contribution is -2.37. The zero-order chi connectivity index (χ0) is 19.3. The first kappa shape index (κ1) is 18.2. The topological polar surface area (TPSA) is 74.2 Å². The molecule has 0 spiro atoms. The number of aromatic amines is 1. The van der Waals surface area contributed by atoms with Crippen LogP contribution in [0.15, 0.2) is 18.3 Å². The molecule has 1 aliphatic heterocycles. The van der Waals surface area contributed by atoms with Gasteiger partial charge in [-0.25, -0.2) is 4.68 Å². The van der Waals surface area contributed by atoms with Crippen molar-refractivity contribution in [3.05, 3.63) is 39.6 Å². The first-order valence-corrected chi connectivity index (χ1v) is 8.90. The van der Waals surface area contributed by atoms with E-state index in [4.69, 9.17) is 28.3 Å². The number of halogens is 4. The van der Waals surface area contributed by atoms with Crippen LogP contribution in [0.4, 0.5) is 8.78 Å². The van der Waals surface area contributed by atoms with Crippen molar-refractivity contribution in [2.75, 3.05) is 13.2 Å². The Kier molecular flexibility index (Phi) is 4.57. The molecule has 0 saturated heterocycles. The number of alkyl halides is 2. The van der Waals surface area contributed by atoms with E-state index < -0.39 is 13.2 Å². The van der Waals surface area contributed by atoms with E-state index in [1.165, 1.54) is 12.3 Å². The number of carbonyl (C=O) groups excluding carboxylic acids is 1. The molecule has 3 aromatic rings. The third-order valence-electron chi connectivity index (χ3n) is 4.71. The molecule has 0 bridgehead atoms. The number of nitrogens with zero attached hydrogens (tertiary/aromatic N) is 3. The van der Waals surface area contributed by atoms with Gasteiger partial charge in [-0.15, -0.1) is 0 Å². The Labute approximate surface area is 162 Å². The average molecular weight is 415 g/mol. The van der Waals surface area contributed by atoms with Crippen molar-refractivity contribution < 1.29 is 18.7 Å². The number of fused-ring (bicyclic) bond motifs is 3. The number of aromatic nitrogens is 3. The fourth-order valence-corrected chi connectivity index (χ4v) is 3.84. The molecular formula is C17H14Cl2F2N4O2. The number of aliphatic hydroxyl groups is 1. The molecule has 0 radical (unpaired) electrons. The largest absolute Gasteiger partial charge is 0.387 e. The Balaban J connectivity index is 1.93. The lowest BCUT2D eigenvalue weighted by atomic mass is 9.99. The number of rotatable bonds is 3. The van der Waals surface area contributed by atoms with Crippen LogP contribution >= 0.6 is 23.2 Å². The Morgan fingerprint density at radius 3 is 2.85 bits per heavy atom. The van der Waals surface area contributed by atoms with E-state index in [1.54, 1.807) is 11.0 Å². The van der Waals surface area contributed by atoms with Crippen molar-refractivity contribution in [3.8, 4) is 11.3 Å². The minimum atomic E-state index is -2.75. The number of amides is 1. The minimum absolute atomic E-state index is 0.271. The van der Waals surface area contributed by atoms with Crippen molar-refractivity contribution in [3.63, 3.8) is 0 Å². The number of H-pyrrole nitrogens is 1. The molecule has 1 amide bonds. The Bertz CT molecular complexity index is 1050. The number of hydrogen-bond donors (Lipinski definition) is 2. The van der Waals surface area contributed by atoms with Gasteiger partial charge in [-0.1, -0.05) is 23.2 Å². The molecule has 2 N–H and O–H groups in total. The molecule has 142 valence electrons. The molecule has 10 heteroatoms. The molecule has 1 aliphatic rings. The van der Waals surface area contributed by atoms with Gasteiger partial charge in [0, 0.05) is 47.9 Å². The van der Waals surface area contributed by atoms with Gasteiger partial charge in [-0.05, 0) is 12.1 Å². The number of benzene rings is 1. The number of aliphatic hydroxyl groups excluding tert-OH is 1. The van der Waals surface area contributed by atoms with Crippen molar-refractivity contribution in [1.29, 1.82) is 0 Å². The number of nitrogens with one attached hydrogen (secondary N) is 1. The average Bonchev–Trinajstić information content (AvgIpc) is 3.29. The second-order valence-corrected chi connectivity index (χ2v) is 7.02.